The average molecular weight is 283 g/mol. The highest BCUT2D eigenvalue weighted by Gasteiger charge is 2.12. The highest BCUT2D eigenvalue weighted by atomic mass is 19.1. The molecule has 0 unspecified atom stereocenters. The minimum Gasteiger partial charge on any atom is -0.399 e. The Kier molecular flexibility index (Phi) is 3.39. The van der Waals surface area contributed by atoms with E-state index in [0.29, 0.717) is 23.8 Å². The summed E-state index contributed by atoms with van der Waals surface area (Å²) < 4.78 is 18.4. The molecule has 0 radical (unpaired) electrons. The molecule has 0 bridgehead atoms. The van der Waals surface area contributed by atoms with E-state index in [1.165, 1.54) is 12.1 Å². The summed E-state index contributed by atoms with van der Waals surface area (Å²) in [5.41, 5.74) is 9.04. The van der Waals surface area contributed by atoms with Gasteiger partial charge in [-0.2, -0.15) is 4.98 Å². The van der Waals surface area contributed by atoms with Gasteiger partial charge in [0.15, 0.2) is 5.82 Å². The Bertz CT molecular complexity index is 783. The zero-order chi connectivity index (χ0) is 14.8. The molecule has 1 aromatic heterocycles. The number of hydrogen-bond donors (Lipinski definition) is 1. The fraction of sp³-hybridized carbons (Fsp3) is 0.125. The smallest absolute Gasteiger partial charge is 0.258 e. The summed E-state index contributed by atoms with van der Waals surface area (Å²) in [6, 6.07) is 11.9. The van der Waals surface area contributed by atoms with E-state index in [-0.39, 0.29) is 5.82 Å². The van der Waals surface area contributed by atoms with Crippen molar-refractivity contribution in [2.45, 2.75) is 13.3 Å². The Morgan fingerprint density at radius 1 is 1.19 bits per heavy atom. The van der Waals surface area contributed by atoms with Crippen molar-refractivity contribution in [3.8, 4) is 11.5 Å². The monoisotopic (exact) mass is 283 g/mol. The van der Waals surface area contributed by atoms with Crippen molar-refractivity contribution < 1.29 is 8.91 Å². The van der Waals surface area contributed by atoms with E-state index in [1.54, 1.807) is 12.1 Å². The van der Waals surface area contributed by atoms with Gasteiger partial charge in [0.2, 0.25) is 0 Å². The summed E-state index contributed by atoms with van der Waals surface area (Å²) in [7, 11) is 0. The molecule has 0 aliphatic carbocycles. The molecule has 4 nitrogen and oxygen atoms in total. The maximum atomic E-state index is 13.2. The molecule has 2 aromatic carbocycles. The van der Waals surface area contributed by atoms with Crippen LogP contribution in [0, 0.1) is 12.7 Å². The molecule has 2 N–H and O–H groups in total. The topological polar surface area (TPSA) is 64.9 Å². The molecule has 0 fully saturated rings. The average Bonchev–Trinajstić information content (AvgIpc) is 2.87. The van der Waals surface area contributed by atoms with Crippen LogP contribution in [-0.4, -0.2) is 10.1 Å². The molecule has 1 heterocycles. The SMILES string of the molecule is Cc1cc(N)ccc1-c1nc(Cc2cccc(F)c2)no1. The minimum absolute atomic E-state index is 0.273. The maximum Gasteiger partial charge on any atom is 0.258 e. The lowest BCUT2D eigenvalue weighted by Crippen LogP contribution is -1.92. The van der Waals surface area contributed by atoms with Crippen LogP contribution in [0.4, 0.5) is 10.1 Å². The molecule has 3 aromatic rings. The first-order valence-electron chi connectivity index (χ1n) is 6.55. The van der Waals surface area contributed by atoms with Gasteiger partial charge >= 0.3 is 0 Å². The van der Waals surface area contributed by atoms with Crippen molar-refractivity contribution in [1.29, 1.82) is 0 Å². The number of anilines is 1. The van der Waals surface area contributed by atoms with Crippen molar-refractivity contribution in [2.24, 2.45) is 0 Å². The summed E-state index contributed by atoms with van der Waals surface area (Å²) >= 11 is 0. The largest absolute Gasteiger partial charge is 0.399 e. The van der Waals surface area contributed by atoms with Gasteiger partial charge in [-0.15, -0.1) is 0 Å². The Balaban J connectivity index is 1.86. The van der Waals surface area contributed by atoms with Crippen LogP contribution in [0.15, 0.2) is 47.0 Å². The van der Waals surface area contributed by atoms with Gasteiger partial charge in [-0.1, -0.05) is 17.3 Å². The number of halogens is 1. The molecule has 21 heavy (non-hydrogen) atoms. The molecule has 106 valence electrons. The predicted octanol–water partition coefficient (Wildman–Crippen LogP) is 3.36. The molecular formula is C16H14FN3O. The third-order valence-corrected chi connectivity index (χ3v) is 3.20. The molecule has 0 aliphatic heterocycles. The number of aryl methyl sites for hydroxylation is 1. The molecule has 3 rings (SSSR count). The Hall–Kier alpha value is -2.69. The van der Waals surface area contributed by atoms with Gasteiger partial charge in [0, 0.05) is 17.7 Å². The highest BCUT2D eigenvalue weighted by molar-refractivity contribution is 5.62. The number of rotatable bonds is 3. The second-order valence-electron chi connectivity index (χ2n) is 4.90. The van der Waals surface area contributed by atoms with Crippen LogP contribution in [0.3, 0.4) is 0 Å². The maximum absolute atomic E-state index is 13.2. The van der Waals surface area contributed by atoms with Crippen LogP contribution in [0.2, 0.25) is 0 Å². The van der Waals surface area contributed by atoms with E-state index in [4.69, 9.17) is 10.3 Å². The standard InChI is InChI=1S/C16H14FN3O/c1-10-7-13(18)5-6-14(10)16-19-15(20-21-16)9-11-3-2-4-12(17)8-11/h2-8H,9,18H2,1H3. The summed E-state index contributed by atoms with van der Waals surface area (Å²) in [6.07, 6.45) is 0.426. The number of benzene rings is 2. The predicted molar refractivity (Wildman–Crippen MR) is 78.1 cm³/mol. The van der Waals surface area contributed by atoms with Crippen LogP contribution >= 0.6 is 0 Å². The number of nitrogens with two attached hydrogens (primary N) is 1. The quantitative estimate of drug-likeness (QED) is 0.748. The molecule has 0 atom stereocenters. The van der Waals surface area contributed by atoms with Gasteiger partial charge < -0.3 is 10.3 Å². The fourth-order valence-electron chi connectivity index (χ4n) is 2.19. The van der Waals surface area contributed by atoms with E-state index in [0.717, 1.165) is 16.7 Å². The summed E-state index contributed by atoms with van der Waals surface area (Å²) in [5, 5.41) is 3.94. The minimum atomic E-state index is -0.273. The second-order valence-corrected chi connectivity index (χ2v) is 4.90. The zero-order valence-corrected chi connectivity index (χ0v) is 11.5. The van der Waals surface area contributed by atoms with Gasteiger partial charge in [-0.25, -0.2) is 4.39 Å². The van der Waals surface area contributed by atoms with Crippen molar-refractivity contribution in [2.75, 3.05) is 5.73 Å². The van der Waals surface area contributed by atoms with Crippen LogP contribution in [0.25, 0.3) is 11.5 Å². The molecule has 0 amide bonds. The van der Waals surface area contributed by atoms with Gasteiger partial charge in [0.25, 0.3) is 5.89 Å². The Labute approximate surface area is 121 Å². The van der Waals surface area contributed by atoms with E-state index < -0.39 is 0 Å². The van der Waals surface area contributed by atoms with Gasteiger partial charge in [-0.3, -0.25) is 0 Å². The zero-order valence-electron chi connectivity index (χ0n) is 11.5. The van der Waals surface area contributed by atoms with Crippen LogP contribution in [0.5, 0.6) is 0 Å². The van der Waals surface area contributed by atoms with Crippen molar-refractivity contribution >= 4 is 5.69 Å². The van der Waals surface area contributed by atoms with Gasteiger partial charge in [-0.05, 0) is 48.4 Å². The first-order valence-corrected chi connectivity index (χ1v) is 6.55. The van der Waals surface area contributed by atoms with E-state index in [9.17, 15) is 4.39 Å². The lowest BCUT2D eigenvalue weighted by molar-refractivity contribution is 0.423. The van der Waals surface area contributed by atoms with Crippen LogP contribution in [-0.2, 0) is 6.42 Å². The lowest BCUT2D eigenvalue weighted by atomic mass is 10.1. The number of aromatic nitrogens is 2. The highest BCUT2D eigenvalue weighted by Crippen LogP contribution is 2.24. The summed E-state index contributed by atoms with van der Waals surface area (Å²) in [4.78, 5) is 4.35. The number of nitrogen functional groups attached to an aromatic ring is 1. The molecular weight excluding hydrogens is 269 g/mol. The third-order valence-electron chi connectivity index (χ3n) is 3.20. The van der Waals surface area contributed by atoms with E-state index >= 15 is 0 Å². The van der Waals surface area contributed by atoms with Gasteiger partial charge in [0.1, 0.15) is 5.82 Å². The van der Waals surface area contributed by atoms with Crippen molar-refractivity contribution in [3.63, 3.8) is 0 Å². The van der Waals surface area contributed by atoms with Crippen LogP contribution < -0.4 is 5.73 Å². The summed E-state index contributed by atoms with van der Waals surface area (Å²) in [5.74, 6) is 0.691. The fourth-order valence-corrected chi connectivity index (χ4v) is 2.19. The Morgan fingerprint density at radius 2 is 2.05 bits per heavy atom. The van der Waals surface area contributed by atoms with Crippen molar-refractivity contribution in [3.05, 3.63) is 65.2 Å². The molecule has 0 saturated heterocycles. The molecule has 0 saturated carbocycles. The Morgan fingerprint density at radius 3 is 2.81 bits per heavy atom. The molecule has 0 aliphatic rings. The van der Waals surface area contributed by atoms with E-state index in [1.807, 2.05) is 25.1 Å². The molecule has 0 spiro atoms. The van der Waals surface area contributed by atoms with Crippen molar-refractivity contribution in [1.82, 2.24) is 10.1 Å². The normalized spacial score (nSPS) is 10.8. The second kappa shape index (κ2) is 5.36. The number of hydrogen-bond acceptors (Lipinski definition) is 4. The van der Waals surface area contributed by atoms with Crippen LogP contribution in [0.1, 0.15) is 17.0 Å². The lowest BCUT2D eigenvalue weighted by Gasteiger charge is -2.01. The summed E-state index contributed by atoms with van der Waals surface area (Å²) in [6.45, 7) is 1.93. The number of nitrogens with zero attached hydrogens (tertiary/aromatic N) is 2. The first kappa shape index (κ1) is 13.3. The third kappa shape index (κ3) is 2.91. The molecule has 5 heteroatoms. The van der Waals surface area contributed by atoms with E-state index in [2.05, 4.69) is 10.1 Å². The van der Waals surface area contributed by atoms with Gasteiger partial charge in [0.05, 0.1) is 0 Å². The first-order chi connectivity index (χ1) is 10.1.